The zero-order chi connectivity index (χ0) is 19.2. The normalized spacial score (nSPS) is 15.3. The third-order valence-corrected chi connectivity index (χ3v) is 5.03. The van der Waals surface area contributed by atoms with Gasteiger partial charge in [0.1, 0.15) is 11.6 Å². The number of rotatable bonds is 6. The van der Waals surface area contributed by atoms with Crippen molar-refractivity contribution in [2.75, 3.05) is 19.9 Å². The molecule has 29 heavy (non-hydrogen) atoms. The first-order valence-electron chi connectivity index (χ1n) is 10.1. The summed E-state index contributed by atoms with van der Waals surface area (Å²) in [5.41, 5.74) is 1.09. The van der Waals surface area contributed by atoms with Gasteiger partial charge in [0.05, 0.1) is 6.54 Å². The van der Waals surface area contributed by atoms with Crippen LogP contribution >= 0.6 is 24.0 Å². The van der Waals surface area contributed by atoms with E-state index in [0.29, 0.717) is 13.3 Å². The maximum absolute atomic E-state index is 5.44. The molecular weight excluding hydrogens is 483 g/mol. The number of aliphatic imine (C=N–C) groups is 1. The lowest BCUT2D eigenvalue weighted by molar-refractivity contribution is 0.174. The van der Waals surface area contributed by atoms with E-state index < -0.39 is 0 Å². The van der Waals surface area contributed by atoms with Crippen LogP contribution < -0.4 is 20.1 Å². The van der Waals surface area contributed by atoms with Crippen LogP contribution in [0.2, 0.25) is 0 Å². The molecule has 2 N–H and O–H groups in total. The molecule has 0 bridgehead atoms. The minimum absolute atomic E-state index is 0. The van der Waals surface area contributed by atoms with Gasteiger partial charge in [0.2, 0.25) is 6.79 Å². The van der Waals surface area contributed by atoms with Gasteiger partial charge in [-0.15, -0.1) is 34.2 Å². The average Bonchev–Trinajstić information content (AvgIpc) is 3.26. The summed E-state index contributed by atoms with van der Waals surface area (Å²) >= 11 is 0. The van der Waals surface area contributed by atoms with Crippen molar-refractivity contribution < 1.29 is 9.47 Å². The minimum atomic E-state index is 0. The molecule has 2 aliphatic heterocycles. The highest BCUT2D eigenvalue weighted by Gasteiger charge is 2.15. The highest BCUT2D eigenvalue weighted by Crippen LogP contribution is 2.32. The van der Waals surface area contributed by atoms with Gasteiger partial charge in [0.25, 0.3) is 0 Å². The summed E-state index contributed by atoms with van der Waals surface area (Å²) in [4.78, 5) is 4.69. The molecule has 2 aromatic rings. The smallest absolute Gasteiger partial charge is 0.231 e. The molecule has 8 nitrogen and oxygen atoms in total. The quantitative estimate of drug-likeness (QED) is 0.352. The Morgan fingerprint density at radius 2 is 2.03 bits per heavy atom. The highest BCUT2D eigenvalue weighted by molar-refractivity contribution is 14.0. The van der Waals surface area contributed by atoms with E-state index in [9.17, 15) is 0 Å². The van der Waals surface area contributed by atoms with Gasteiger partial charge in [-0.2, -0.15) is 0 Å². The van der Waals surface area contributed by atoms with Gasteiger partial charge in [0, 0.05) is 32.5 Å². The molecule has 3 heterocycles. The van der Waals surface area contributed by atoms with E-state index in [0.717, 1.165) is 67.1 Å². The maximum Gasteiger partial charge on any atom is 0.231 e. The molecular formula is C20H29IN6O2. The number of halogens is 1. The molecule has 0 amide bonds. The van der Waals surface area contributed by atoms with Gasteiger partial charge in [-0.05, 0) is 37.5 Å². The van der Waals surface area contributed by atoms with Gasteiger partial charge in [-0.25, -0.2) is 4.99 Å². The maximum atomic E-state index is 5.44. The van der Waals surface area contributed by atoms with Crippen LogP contribution in [-0.2, 0) is 25.9 Å². The molecule has 0 spiro atoms. The van der Waals surface area contributed by atoms with E-state index in [1.54, 1.807) is 0 Å². The average molecular weight is 512 g/mol. The number of benzene rings is 1. The standard InChI is InChI=1S/C20H28N6O2.HI/c1-2-21-20(23-13-15-7-8-16-17(12-15)28-14-27-16)22-10-9-19-25-24-18-6-4-3-5-11-26(18)19;/h7-8,12H,2-6,9-11,13-14H2,1H3,(H2,21,22,23);1H. The third-order valence-electron chi connectivity index (χ3n) is 5.03. The van der Waals surface area contributed by atoms with Crippen molar-refractivity contribution in [1.82, 2.24) is 25.4 Å². The Labute approximate surface area is 188 Å². The van der Waals surface area contributed by atoms with Gasteiger partial charge < -0.3 is 24.7 Å². The predicted molar refractivity (Wildman–Crippen MR) is 122 cm³/mol. The SMILES string of the molecule is CCNC(=NCc1ccc2c(c1)OCO2)NCCc1nnc2n1CCCCC2.I. The minimum Gasteiger partial charge on any atom is -0.454 e. The fourth-order valence-corrected chi connectivity index (χ4v) is 3.57. The summed E-state index contributed by atoms with van der Waals surface area (Å²) in [7, 11) is 0. The van der Waals surface area contributed by atoms with E-state index in [-0.39, 0.29) is 24.0 Å². The number of nitrogens with zero attached hydrogens (tertiary/aromatic N) is 4. The molecule has 0 aliphatic carbocycles. The van der Waals surface area contributed by atoms with Crippen molar-refractivity contribution in [3.63, 3.8) is 0 Å². The van der Waals surface area contributed by atoms with Crippen LogP contribution in [0.4, 0.5) is 0 Å². The molecule has 0 saturated heterocycles. The Kier molecular flexibility index (Phi) is 7.96. The lowest BCUT2D eigenvalue weighted by Crippen LogP contribution is -2.38. The molecule has 0 radical (unpaired) electrons. The predicted octanol–water partition coefficient (Wildman–Crippen LogP) is 2.65. The first-order chi connectivity index (χ1) is 13.8. The molecule has 1 aromatic carbocycles. The van der Waals surface area contributed by atoms with Crippen molar-refractivity contribution in [3.8, 4) is 11.5 Å². The first kappa shape index (κ1) is 21.7. The molecule has 0 unspecified atom stereocenters. The fourth-order valence-electron chi connectivity index (χ4n) is 3.57. The molecule has 4 rings (SSSR count). The number of aromatic nitrogens is 3. The van der Waals surface area contributed by atoms with E-state index in [4.69, 9.17) is 9.47 Å². The van der Waals surface area contributed by atoms with Crippen LogP contribution in [0.5, 0.6) is 11.5 Å². The van der Waals surface area contributed by atoms with Crippen LogP contribution in [0.3, 0.4) is 0 Å². The lowest BCUT2D eigenvalue weighted by Gasteiger charge is -2.12. The molecule has 158 valence electrons. The zero-order valence-electron chi connectivity index (χ0n) is 16.8. The molecule has 1 aromatic heterocycles. The number of fused-ring (bicyclic) bond motifs is 2. The van der Waals surface area contributed by atoms with Crippen molar-refractivity contribution in [2.24, 2.45) is 4.99 Å². The van der Waals surface area contributed by atoms with Crippen molar-refractivity contribution >= 4 is 29.9 Å². The summed E-state index contributed by atoms with van der Waals surface area (Å²) < 4.78 is 13.1. The number of aryl methyl sites for hydroxylation is 1. The Bertz CT molecular complexity index is 838. The van der Waals surface area contributed by atoms with Crippen molar-refractivity contribution in [2.45, 2.75) is 52.1 Å². The molecule has 0 atom stereocenters. The summed E-state index contributed by atoms with van der Waals surface area (Å²) in [5.74, 6) is 4.59. The Morgan fingerprint density at radius 1 is 1.14 bits per heavy atom. The van der Waals surface area contributed by atoms with Gasteiger partial charge in [-0.3, -0.25) is 0 Å². The van der Waals surface area contributed by atoms with Gasteiger partial charge >= 0.3 is 0 Å². The van der Waals surface area contributed by atoms with Crippen molar-refractivity contribution in [3.05, 3.63) is 35.4 Å². The molecule has 0 fully saturated rings. The first-order valence-corrected chi connectivity index (χ1v) is 10.1. The van der Waals surface area contributed by atoms with Crippen LogP contribution in [0, 0.1) is 0 Å². The second kappa shape index (κ2) is 10.7. The fraction of sp³-hybridized carbons (Fsp3) is 0.550. The molecule has 2 aliphatic rings. The lowest BCUT2D eigenvalue weighted by atomic mass is 10.2. The number of guanidine groups is 1. The summed E-state index contributed by atoms with van der Waals surface area (Å²) in [5, 5.41) is 15.5. The zero-order valence-corrected chi connectivity index (χ0v) is 19.1. The topological polar surface area (TPSA) is 85.6 Å². The number of nitrogens with one attached hydrogen (secondary N) is 2. The van der Waals surface area contributed by atoms with Crippen molar-refractivity contribution in [1.29, 1.82) is 0 Å². The van der Waals surface area contributed by atoms with Crippen LogP contribution in [-0.4, -0.2) is 40.6 Å². The van der Waals surface area contributed by atoms with E-state index >= 15 is 0 Å². The van der Waals surface area contributed by atoms with Crippen LogP contribution in [0.25, 0.3) is 0 Å². The summed E-state index contributed by atoms with van der Waals surface area (Å²) in [6, 6.07) is 5.94. The Morgan fingerprint density at radius 3 is 2.93 bits per heavy atom. The van der Waals surface area contributed by atoms with Gasteiger partial charge in [-0.1, -0.05) is 12.5 Å². The molecule has 0 saturated carbocycles. The highest BCUT2D eigenvalue weighted by atomic mass is 127. The second-order valence-corrected chi connectivity index (χ2v) is 7.05. The van der Waals surface area contributed by atoms with Crippen LogP contribution in [0.15, 0.2) is 23.2 Å². The van der Waals surface area contributed by atoms with E-state index in [1.165, 1.54) is 19.3 Å². The number of hydrogen-bond donors (Lipinski definition) is 2. The third kappa shape index (κ3) is 5.52. The summed E-state index contributed by atoms with van der Waals surface area (Å²) in [6.07, 6.45) is 5.58. The second-order valence-electron chi connectivity index (χ2n) is 7.05. The van der Waals surface area contributed by atoms with E-state index in [1.807, 2.05) is 18.2 Å². The summed E-state index contributed by atoms with van der Waals surface area (Å²) in [6.45, 7) is 5.55. The Hall–Kier alpha value is -2.04. The largest absolute Gasteiger partial charge is 0.454 e. The molecule has 9 heteroatoms. The number of hydrogen-bond acceptors (Lipinski definition) is 5. The van der Waals surface area contributed by atoms with Gasteiger partial charge in [0.15, 0.2) is 17.5 Å². The van der Waals surface area contributed by atoms with Crippen LogP contribution in [0.1, 0.15) is 43.4 Å². The Balaban J connectivity index is 0.00000240. The monoisotopic (exact) mass is 512 g/mol. The number of ether oxygens (including phenoxy) is 2. The van der Waals surface area contributed by atoms with E-state index in [2.05, 4.69) is 37.3 Å².